The minimum atomic E-state index is -2.95. The number of hydrogen-bond donors (Lipinski definition) is 1. The summed E-state index contributed by atoms with van der Waals surface area (Å²) in [7, 11) is -1.05. The van der Waals surface area contributed by atoms with E-state index in [4.69, 9.17) is 0 Å². The van der Waals surface area contributed by atoms with E-state index in [1.165, 1.54) is 0 Å². The number of anilines is 1. The van der Waals surface area contributed by atoms with Crippen LogP contribution in [0.3, 0.4) is 0 Å². The third-order valence-corrected chi connectivity index (χ3v) is 4.49. The van der Waals surface area contributed by atoms with Gasteiger partial charge in [-0.2, -0.15) is 0 Å². The molecule has 0 unspecified atom stereocenters. The van der Waals surface area contributed by atoms with Gasteiger partial charge in [0.1, 0.15) is 5.52 Å². The Morgan fingerprint density at radius 3 is 2.89 bits per heavy atom. The van der Waals surface area contributed by atoms with E-state index in [-0.39, 0.29) is 11.5 Å². The van der Waals surface area contributed by atoms with Crippen molar-refractivity contribution in [2.24, 2.45) is 7.05 Å². The second kappa shape index (κ2) is 4.93. The maximum absolute atomic E-state index is 11.4. The fourth-order valence-corrected chi connectivity index (χ4v) is 2.36. The summed E-state index contributed by atoms with van der Waals surface area (Å²) >= 11 is 0. The first-order chi connectivity index (χ1) is 8.53. The lowest BCUT2D eigenvalue weighted by molar-refractivity contribution is 0.597. The number of aromatic nitrogens is 3. The molecule has 0 spiro atoms. The smallest absolute Gasteiger partial charge is 0.154 e. The quantitative estimate of drug-likeness (QED) is 0.868. The zero-order valence-corrected chi connectivity index (χ0v) is 11.2. The van der Waals surface area contributed by atoms with Crippen LogP contribution in [0.5, 0.6) is 0 Å². The number of imidazole rings is 1. The van der Waals surface area contributed by atoms with Gasteiger partial charge in [0.05, 0.1) is 17.6 Å². The molecule has 0 bridgehead atoms. The van der Waals surface area contributed by atoms with E-state index in [2.05, 4.69) is 15.3 Å². The average Bonchev–Trinajstić information content (AvgIpc) is 2.72. The van der Waals surface area contributed by atoms with E-state index in [0.717, 1.165) is 11.0 Å². The van der Waals surface area contributed by atoms with Crippen LogP contribution in [0.2, 0.25) is 0 Å². The van der Waals surface area contributed by atoms with Crippen LogP contribution in [0.25, 0.3) is 11.0 Å². The Balaban J connectivity index is 2.13. The summed E-state index contributed by atoms with van der Waals surface area (Å²) in [6.45, 7) is 1.99. The Morgan fingerprint density at radius 2 is 2.17 bits per heavy atom. The highest BCUT2D eigenvalue weighted by Crippen LogP contribution is 2.18. The van der Waals surface area contributed by atoms with Gasteiger partial charge in [-0.15, -0.1) is 0 Å². The standard InChI is InChI=1S/C11H16N4O2S/c1-3-18(16,17)7-6-13-11-10-9(4-5-12-11)15(2)8-14-10/h4-5,8H,3,6-7H2,1-2H3,(H,12,13). The normalized spacial score (nSPS) is 11.9. The number of aryl methyl sites for hydroxylation is 1. The van der Waals surface area contributed by atoms with Crippen LogP contribution in [0, 0.1) is 0 Å². The van der Waals surface area contributed by atoms with Crippen LogP contribution < -0.4 is 5.32 Å². The molecule has 2 aromatic heterocycles. The number of rotatable bonds is 5. The van der Waals surface area contributed by atoms with Crippen molar-refractivity contribution in [1.29, 1.82) is 0 Å². The second-order valence-electron chi connectivity index (χ2n) is 4.05. The van der Waals surface area contributed by atoms with Gasteiger partial charge in [0.15, 0.2) is 15.7 Å². The third-order valence-electron chi connectivity index (χ3n) is 2.79. The van der Waals surface area contributed by atoms with Crippen molar-refractivity contribution in [3.05, 3.63) is 18.6 Å². The monoisotopic (exact) mass is 268 g/mol. The molecule has 1 N–H and O–H groups in total. The van der Waals surface area contributed by atoms with Gasteiger partial charge in [-0.25, -0.2) is 18.4 Å². The van der Waals surface area contributed by atoms with E-state index >= 15 is 0 Å². The van der Waals surface area contributed by atoms with Gasteiger partial charge < -0.3 is 9.88 Å². The Labute approximate surface area is 106 Å². The Kier molecular flexibility index (Phi) is 3.51. The van der Waals surface area contributed by atoms with Gasteiger partial charge in [-0.05, 0) is 6.07 Å². The molecule has 0 aromatic carbocycles. The molecule has 0 atom stereocenters. The summed E-state index contributed by atoms with van der Waals surface area (Å²) in [5, 5.41) is 3.03. The maximum Gasteiger partial charge on any atom is 0.154 e. The zero-order chi connectivity index (χ0) is 13.2. The molecule has 0 radical (unpaired) electrons. The molecule has 0 aliphatic heterocycles. The molecule has 0 aliphatic carbocycles. The van der Waals surface area contributed by atoms with Crippen LogP contribution in [0.15, 0.2) is 18.6 Å². The van der Waals surface area contributed by atoms with Gasteiger partial charge in [0.2, 0.25) is 0 Å². The zero-order valence-electron chi connectivity index (χ0n) is 10.4. The topological polar surface area (TPSA) is 76.9 Å². The maximum atomic E-state index is 11.4. The molecule has 2 rings (SSSR count). The first kappa shape index (κ1) is 12.8. The number of fused-ring (bicyclic) bond motifs is 1. The van der Waals surface area contributed by atoms with E-state index < -0.39 is 9.84 Å². The van der Waals surface area contributed by atoms with Crippen molar-refractivity contribution in [2.45, 2.75) is 6.92 Å². The first-order valence-electron chi connectivity index (χ1n) is 5.74. The Bertz CT molecular complexity index is 648. The van der Waals surface area contributed by atoms with Gasteiger partial charge in [0, 0.05) is 25.5 Å². The van der Waals surface area contributed by atoms with Crippen molar-refractivity contribution in [1.82, 2.24) is 14.5 Å². The minimum Gasteiger partial charge on any atom is -0.367 e. The van der Waals surface area contributed by atoms with Crippen molar-refractivity contribution in [2.75, 3.05) is 23.4 Å². The Hall–Kier alpha value is -1.63. The highest BCUT2D eigenvalue weighted by Gasteiger charge is 2.09. The highest BCUT2D eigenvalue weighted by atomic mass is 32.2. The first-order valence-corrected chi connectivity index (χ1v) is 7.56. The third kappa shape index (κ3) is 2.61. The summed E-state index contributed by atoms with van der Waals surface area (Å²) < 4.78 is 24.6. The van der Waals surface area contributed by atoms with E-state index in [1.807, 2.05) is 17.7 Å². The molecular weight excluding hydrogens is 252 g/mol. The largest absolute Gasteiger partial charge is 0.367 e. The van der Waals surface area contributed by atoms with E-state index in [0.29, 0.717) is 12.4 Å². The van der Waals surface area contributed by atoms with Gasteiger partial charge in [-0.3, -0.25) is 0 Å². The van der Waals surface area contributed by atoms with Crippen molar-refractivity contribution in [3.63, 3.8) is 0 Å². The fraction of sp³-hybridized carbons (Fsp3) is 0.455. The summed E-state index contributed by atoms with van der Waals surface area (Å²) in [5.41, 5.74) is 1.72. The molecule has 0 saturated heterocycles. The number of nitrogens with one attached hydrogen (secondary N) is 1. The predicted octanol–water partition coefficient (Wildman–Crippen LogP) is 0.815. The minimum absolute atomic E-state index is 0.106. The fourth-order valence-electron chi connectivity index (χ4n) is 1.66. The molecule has 0 aliphatic rings. The molecule has 18 heavy (non-hydrogen) atoms. The molecule has 7 heteroatoms. The number of sulfone groups is 1. The van der Waals surface area contributed by atoms with Crippen LogP contribution in [-0.4, -0.2) is 41.0 Å². The summed E-state index contributed by atoms with van der Waals surface area (Å²) in [4.78, 5) is 8.43. The lowest BCUT2D eigenvalue weighted by Crippen LogP contribution is -2.17. The molecule has 0 saturated carbocycles. The van der Waals surface area contributed by atoms with Crippen molar-refractivity contribution < 1.29 is 8.42 Å². The summed E-state index contributed by atoms with van der Waals surface area (Å²) in [5.74, 6) is 0.893. The van der Waals surface area contributed by atoms with E-state index in [1.54, 1.807) is 19.4 Å². The average molecular weight is 268 g/mol. The summed E-state index contributed by atoms with van der Waals surface area (Å²) in [6.07, 6.45) is 3.39. The van der Waals surface area contributed by atoms with E-state index in [9.17, 15) is 8.42 Å². The number of nitrogens with zero attached hydrogens (tertiary/aromatic N) is 3. The molecule has 0 amide bonds. The predicted molar refractivity (Wildman–Crippen MR) is 71.3 cm³/mol. The molecule has 6 nitrogen and oxygen atoms in total. The molecule has 0 fully saturated rings. The SMILES string of the molecule is CCS(=O)(=O)CCNc1nccc2c1ncn2C. The second-order valence-corrected chi connectivity index (χ2v) is 6.52. The summed E-state index contributed by atoms with van der Waals surface area (Å²) in [6, 6.07) is 1.87. The molecule has 2 aromatic rings. The van der Waals surface area contributed by atoms with Crippen LogP contribution in [-0.2, 0) is 16.9 Å². The highest BCUT2D eigenvalue weighted by molar-refractivity contribution is 7.91. The molecular formula is C11H16N4O2S. The Morgan fingerprint density at radius 1 is 1.39 bits per heavy atom. The lowest BCUT2D eigenvalue weighted by atomic mass is 10.4. The van der Waals surface area contributed by atoms with Gasteiger partial charge >= 0.3 is 0 Å². The van der Waals surface area contributed by atoms with Crippen LogP contribution in [0.4, 0.5) is 5.82 Å². The van der Waals surface area contributed by atoms with Gasteiger partial charge in [0.25, 0.3) is 0 Å². The van der Waals surface area contributed by atoms with Crippen LogP contribution >= 0.6 is 0 Å². The lowest BCUT2D eigenvalue weighted by Gasteiger charge is -2.06. The number of hydrogen-bond acceptors (Lipinski definition) is 5. The molecule has 98 valence electrons. The van der Waals surface area contributed by atoms with Crippen molar-refractivity contribution >= 4 is 26.7 Å². The van der Waals surface area contributed by atoms with Crippen molar-refractivity contribution in [3.8, 4) is 0 Å². The van der Waals surface area contributed by atoms with Crippen LogP contribution in [0.1, 0.15) is 6.92 Å². The number of pyridine rings is 1. The molecule has 2 heterocycles. The van der Waals surface area contributed by atoms with Gasteiger partial charge in [-0.1, -0.05) is 6.92 Å².